The van der Waals surface area contributed by atoms with Crippen molar-refractivity contribution in [1.29, 1.82) is 0 Å². The number of benzene rings is 1. The molecule has 1 saturated heterocycles. The maximum Gasteiger partial charge on any atom is 0.416 e. The van der Waals surface area contributed by atoms with Crippen LogP contribution in [-0.2, 0) is 19.1 Å². The second-order valence-electron chi connectivity index (χ2n) is 7.75. The lowest BCUT2D eigenvalue weighted by molar-refractivity contribution is -0.137. The van der Waals surface area contributed by atoms with Gasteiger partial charge in [-0.3, -0.25) is 9.59 Å². The number of nitrogens with zero attached hydrogens (tertiary/aromatic N) is 1. The van der Waals surface area contributed by atoms with Gasteiger partial charge in [0.15, 0.2) is 0 Å². The number of nitrogens with one attached hydrogen (secondary N) is 2. The Bertz CT molecular complexity index is 990. The first-order chi connectivity index (χ1) is 13.8. The molecule has 3 heterocycles. The molecule has 0 spiro atoms. The Balaban J connectivity index is 0.00000256. The monoisotopic (exact) mass is 441 g/mol. The van der Waals surface area contributed by atoms with Gasteiger partial charge in [0.05, 0.1) is 5.56 Å². The van der Waals surface area contributed by atoms with E-state index in [4.69, 9.17) is 0 Å². The molecule has 2 aromatic rings. The summed E-state index contributed by atoms with van der Waals surface area (Å²) in [6, 6.07) is 8.43. The van der Waals surface area contributed by atoms with E-state index in [1.54, 1.807) is 16.7 Å². The summed E-state index contributed by atoms with van der Waals surface area (Å²) >= 11 is 0. The molecule has 0 aliphatic carbocycles. The first-order valence-electron chi connectivity index (χ1n) is 9.71. The molecule has 30 heavy (non-hydrogen) atoms. The zero-order chi connectivity index (χ0) is 20.6. The third-order valence-corrected chi connectivity index (χ3v) is 5.71. The molecular weight excluding hydrogens is 419 g/mol. The highest BCUT2D eigenvalue weighted by atomic mass is 35.5. The van der Waals surface area contributed by atoms with Crippen LogP contribution in [-0.4, -0.2) is 30.1 Å². The molecule has 1 amide bonds. The molecule has 2 bridgehead atoms. The van der Waals surface area contributed by atoms with Crippen LogP contribution < -0.4 is 16.2 Å². The zero-order valence-corrected chi connectivity index (χ0v) is 17.0. The van der Waals surface area contributed by atoms with Crippen LogP contribution in [0.3, 0.4) is 0 Å². The van der Waals surface area contributed by atoms with E-state index < -0.39 is 17.6 Å². The number of halogens is 4. The summed E-state index contributed by atoms with van der Waals surface area (Å²) in [6.07, 6.45) is -3.10. The van der Waals surface area contributed by atoms with Crippen molar-refractivity contribution in [3.63, 3.8) is 0 Å². The van der Waals surface area contributed by atoms with Crippen molar-refractivity contribution >= 4 is 18.3 Å². The van der Waals surface area contributed by atoms with Crippen LogP contribution in [0.2, 0.25) is 0 Å². The lowest BCUT2D eigenvalue weighted by atomic mass is 9.84. The van der Waals surface area contributed by atoms with Gasteiger partial charge in [-0.25, -0.2) is 0 Å². The molecule has 9 heteroatoms. The molecule has 162 valence electrons. The van der Waals surface area contributed by atoms with E-state index in [0.717, 1.165) is 37.3 Å². The Hall–Kier alpha value is -2.32. The molecule has 1 fully saturated rings. The van der Waals surface area contributed by atoms with Gasteiger partial charge in [-0.1, -0.05) is 18.2 Å². The van der Waals surface area contributed by atoms with Gasteiger partial charge in [0.1, 0.15) is 5.56 Å². The molecule has 0 unspecified atom stereocenters. The van der Waals surface area contributed by atoms with Crippen LogP contribution >= 0.6 is 12.4 Å². The fraction of sp³-hybridized carbons (Fsp3) is 0.429. The number of carbonyl (C=O) groups is 1. The third-order valence-electron chi connectivity index (χ3n) is 5.71. The fourth-order valence-corrected chi connectivity index (χ4v) is 4.28. The Kier molecular flexibility index (Phi) is 6.57. The Labute approximate surface area is 178 Å². The zero-order valence-electron chi connectivity index (χ0n) is 16.2. The predicted octanol–water partition coefficient (Wildman–Crippen LogP) is 2.97. The molecular formula is C21H23ClF3N3O2. The van der Waals surface area contributed by atoms with Gasteiger partial charge in [-0.15, -0.1) is 12.4 Å². The first-order valence-corrected chi connectivity index (χ1v) is 9.71. The third kappa shape index (κ3) is 4.54. The minimum absolute atomic E-state index is 0. The number of hydrogen-bond donors (Lipinski definition) is 2. The number of aromatic nitrogens is 1. The summed E-state index contributed by atoms with van der Waals surface area (Å²) < 4.78 is 40.1. The number of alkyl halides is 3. The van der Waals surface area contributed by atoms with Crippen molar-refractivity contribution in [1.82, 2.24) is 15.2 Å². The van der Waals surface area contributed by atoms with Crippen molar-refractivity contribution in [3.05, 3.63) is 69.1 Å². The molecule has 1 aromatic heterocycles. The first kappa shape index (κ1) is 22.4. The van der Waals surface area contributed by atoms with E-state index in [9.17, 15) is 22.8 Å². The molecule has 0 radical (unpaired) electrons. The van der Waals surface area contributed by atoms with E-state index in [2.05, 4.69) is 10.6 Å². The second-order valence-corrected chi connectivity index (χ2v) is 7.75. The Morgan fingerprint density at radius 2 is 2.00 bits per heavy atom. The van der Waals surface area contributed by atoms with E-state index in [1.807, 2.05) is 6.07 Å². The van der Waals surface area contributed by atoms with Gasteiger partial charge in [0.2, 0.25) is 0 Å². The number of pyridine rings is 1. The van der Waals surface area contributed by atoms with E-state index >= 15 is 0 Å². The average Bonchev–Trinajstić information content (AvgIpc) is 2.68. The maximum atomic E-state index is 12.8. The highest BCUT2D eigenvalue weighted by molar-refractivity contribution is 5.93. The van der Waals surface area contributed by atoms with Crippen molar-refractivity contribution in [2.75, 3.05) is 19.6 Å². The summed E-state index contributed by atoms with van der Waals surface area (Å²) in [7, 11) is 0. The van der Waals surface area contributed by atoms with Crippen molar-refractivity contribution in [2.45, 2.75) is 31.5 Å². The number of fused-ring (bicyclic) bond motifs is 4. The fourth-order valence-electron chi connectivity index (χ4n) is 4.28. The smallest absolute Gasteiger partial charge is 0.352 e. The topological polar surface area (TPSA) is 63.1 Å². The molecule has 0 saturated carbocycles. The van der Waals surface area contributed by atoms with Crippen LogP contribution in [0.1, 0.15) is 39.5 Å². The molecule has 2 aliphatic rings. The van der Waals surface area contributed by atoms with Gasteiger partial charge < -0.3 is 15.2 Å². The summed E-state index contributed by atoms with van der Waals surface area (Å²) in [5.74, 6) is 0.178. The molecule has 2 N–H and O–H groups in total. The molecule has 5 nitrogen and oxygen atoms in total. The minimum atomic E-state index is -4.40. The molecule has 1 aromatic carbocycles. The quantitative estimate of drug-likeness (QED) is 0.766. The number of rotatable bonds is 4. The predicted molar refractivity (Wildman–Crippen MR) is 109 cm³/mol. The van der Waals surface area contributed by atoms with Gasteiger partial charge in [0, 0.05) is 31.2 Å². The summed E-state index contributed by atoms with van der Waals surface area (Å²) in [5, 5.41) is 6.03. The number of carbonyl (C=O) groups excluding carboxylic acids is 1. The van der Waals surface area contributed by atoms with E-state index in [-0.39, 0.29) is 42.4 Å². The van der Waals surface area contributed by atoms with Gasteiger partial charge >= 0.3 is 6.18 Å². The molecule has 4 rings (SSSR count). The largest absolute Gasteiger partial charge is 0.416 e. The highest BCUT2D eigenvalue weighted by Gasteiger charge is 2.32. The Morgan fingerprint density at radius 3 is 2.77 bits per heavy atom. The highest BCUT2D eigenvalue weighted by Crippen LogP contribution is 2.32. The van der Waals surface area contributed by atoms with Crippen LogP contribution in [0.25, 0.3) is 0 Å². The summed E-state index contributed by atoms with van der Waals surface area (Å²) in [5.41, 5.74) is 0.497. The van der Waals surface area contributed by atoms with Crippen LogP contribution in [0.5, 0.6) is 0 Å². The van der Waals surface area contributed by atoms with Crippen LogP contribution in [0, 0.1) is 5.92 Å². The van der Waals surface area contributed by atoms with Gasteiger partial charge in [-0.05, 0) is 49.1 Å². The standard InChI is InChI=1S/C21H22F3N3O2.ClH/c22-21(23,24)16-3-1-2-13(9-16)6-7-26-19(28)17-4-5-18-15-8-14(10-25-11-15)12-27(18)20(17)29;/h1-5,9,14-15,25H,6-8,10-12H2,(H,26,28);1H/t14-,15+;/m0./s1. The van der Waals surface area contributed by atoms with Crippen molar-refractivity contribution < 1.29 is 18.0 Å². The lowest BCUT2D eigenvalue weighted by Crippen LogP contribution is -2.46. The summed E-state index contributed by atoms with van der Waals surface area (Å²) in [4.78, 5) is 25.3. The number of piperidine rings is 1. The Morgan fingerprint density at radius 1 is 1.20 bits per heavy atom. The maximum absolute atomic E-state index is 12.8. The van der Waals surface area contributed by atoms with Crippen LogP contribution in [0.4, 0.5) is 13.2 Å². The van der Waals surface area contributed by atoms with Crippen LogP contribution in [0.15, 0.2) is 41.2 Å². The van der Waals surface area contributed by atoms with E-state index in [1.165, 1.54) is 6.07 Å². The second kappa shape index (κ2) is 8.81. The molecule has 2 aliphatic heterocycles. The average molecular weight is 442 g/mol. The SMILES string of the molecule is Cl.O=C(NCCc1cccc(C(F)(F)F)c1)c1ccc2n(c1=O)C[C@@H]1CNC[C@H]2C1. The number of amides is 1. The van der Waals surface area contributed by atoms with Crippen molar-refractivity contribution in [3.8, 4) is 0 Å². The normalized spacial score (nSPS) is 20.1. The van der Waals surface area contributed by atoms with Gasteiger partial charge in [-0.2, -0.15) is 13.2 Å². The summed E-state index contributed by atoms with van der Waals surface area (Å²) in [6.45, 7) is 2.45. The number of hydrogen-bond acceptors (Lipinski definition) is 3. The van der Waals surface area contributed by atoms with Crippen molar-refractivity contribution in [2.24, 2.45) is 5.92 Å². The lowest BCUT2D eigenvalue weighted by Gasteiger charge is -2.37. The van der Waals surface area contributed by atoms with E-state index in [0.29, 0.717) is 18.0 Å². The van der Waals surface area contributed by atoms with Gasteiger partial charge in [0.25, 0.3) is 11.5 Å². The minimum Gasteiger partial charge on any atom is -0.352 e. The molecule has 2 atom stereocenters.